The third-order valence-electron chi connectivity index (χ3n) is 4.63. The van der Waals surface area contributed by atoms with Gasteiger partial charge < -0.3 is 15.4 Å². The maximum Gasteiger partial charge on any atom is 0.329 e. The molecule has 1 fully saturated rings. The van der Waals surface area contributed by atoms with E-state index in [9.17, 15) is 19.5 Å². The van der Waals surface area contributed by atoms with Gasteiger partial charge in [-0.1, -0.05) is 0 Å². The molecule has 0 atom stereocenters. The SMILES string of the molecule is Cc1c(C(=O)NC2(C(=O)O)CCC2)[nH]c2c1C(=O)CCC2. The molecule has 0 spiro atoms. The standard InChI is InChI=1S/C15H18N2O4/c1-8-11-9(4-2-5-10(11)18)16-12(8)13(19)17-15(14(20)21)6-3-7-15/h16H,2-7H2,1H3,(H,17,19)(H,20,21). The molecule has 0 unspecified atom stereocenters. The predicted octanol–water partition coefficient (Wildman–Crippen LogP) is 1.58. The molecular formula is C15H18N2O4. The van der Waals surface area contributed by atoms with Gasteiger partial charge in [0.2, 0.25) is 0 Å². The fourth-order valence-electron chi connectivity index (χ4n) is 3.20. The summed E-state index contributed by atoms with van der Waals surface area (Å²) in [5.41, 5.74) is 1.23. The Balaban J connectivity index is 1.89. The van der Waals surface area contributed by atoms with Gasteiger partial charge in [-0.25, -0.2) is 4.79 Å². The minimum Gasteiger partial charge on any atom is -0.480 e. The van der Waals surface area contributed by atoms with Gasteiger partial charge in [0.1, 0.15) is 11.2 Å². The van der Waals surface area contributed by atoms with E-state index in [4.69, 9.17) is 0 Å². The second-order valence-corrected chi connectivity index (χ2v) is 5.95. The maximum absolute atomic E-state index is 12.4. The number of nitrogens with one attached hydrogen (secondary N) is 2. The number of carbonyl (C=O) groups is 3. The summed E-state index contributed by atoms with van der Waals surface area (Å²) in [6.07, 6.45) is 3.74. The largest absolute Gasteiger partial charge is 0.480 e. The van der Waals surface area contributed by atoms with Crippen LogP contribution in [0.5, 0.6) is 0 Å². The van der Waals surface area contributed by atoms with Crippen LogP contribution in [0.3, 0.4) is 0 Å². The molecule has 1 aromatic heterocycles. The number of aryl methyl sites for hydroxylation is 1. The molecular weight excluding hydrogens is 272 g/mol. The number of aromatic nitrogens is 1. The van der Waals surface area contributed by atoms with E-state index in [0.717, 1.165) is 25.0 Å². The van der Waals surface area contributed by atoms with Crippen molar-refractivity contribution in [2.45, 2.75) is 51.0 Å². The molecule has 3 rings (SSSR count). The number of carboxylic acids is 1. The number of carbonyl (C=O) groups excluding carboxylic acids is 2. The number of rotatable bonds is 3. The number of hydrogen-bond acceptors (Lipinski definition) is 3. The molecule has 2 aliphatic rings. The highest BCUT2D eigenvalue weighted by molar-refractivity contribution is 6.05. The molecule has 0 saturated heterocycles. The normalized spacial score (nSPS) is 19.6. The smallest absolute Gasteiger partial charge is 0.329 e. The summed E-state index contributed by atoms with van der Waals surface area (Å²) in [7, 11) is 0. The monoisotopic (exact) mass is 290 g/mol. The fraction of sp³-hybridized carbons (Fsp3) is 0.533. The van der Waals surface area contributed by atoms with Gasteiger partial charge in [0.05, 0.1) is 0 Å². The second-order valence-electron chi connectivity index (χ2n) is 5.95. The Morgan fingerprint density at radius 1 is 1.24 bits per heavy atom. The van der Waals surface area contributed by atoms with Gasteiger partial charge in [0, 0.05) is 17.7 Å². The summed E-state index contributed by atoms with van der Waals surface area (Å²) < 4.78 is 0. The molecule has 1 saturated carbocycles. The van der Waals surface area contributed by atoms with Crippen molar-refractivity contribution >= 4 is 17.7 Å². The van der Waals surface area contributed by atoms with Crippen LogP contribution in [-0.2, 0) is 11.2 Å². The van der Waals surface area contributed by atoms with Crippen molar-refractivity contribution in [2.75, 3.05) is 0 Å². The van der Waals surface area contributed by atoms with E-state index in [2.05, 4.69) is 10.3 Å². The second kappa shape index (κ2) is 4.72. The lowest BCUT2D eigenvalue weighted by Gasteiger charge is -2.38. The summed E-state index contributed by atoms with van der Waals surface area (Å²) in [4.78, 5) is 38.7. The van der Waals surface area contributed by atoms with Crippen molar-refractivity contribution in [1.29, 1.82) is 0 Å². The summed E-state index contributed by atoms with van der Waals surface area (Å²) in [5, 5.41) is 11.9. The lowest BCUT2D eigenvalue weighted by molar-refractivity contribution is -0.148. The molecule has 112 valence electrons. The molecule has 0 radical (unpaired) electrons. The minimum atomic E-state index is -1.14. The molecule has 2 aliphatic carbocycles. The highest BCUT2D eigenvalue weighted by atomic mass is 16.4. The van der Waals surface area contributed by atoms with E-state index in [-0.39, 0.29) is 5.78 Å². The van der Waals surface area contributed by atoms with Crippen molar-refractivity contribution in [2.24, 2.45) is 0 Å². The lowest BCUT2D eigenvalue weighted by atomic mass is 9.76. The molecule has 1 aromatic rings. The zero-order valence-corrected chi connectivity index (χ0v) is 11.9. The Kier molecular flexibility index (Phi) is 3.11. The molecule has 21 heavy (non-hydrogen) atoms. The number of H-pyrrole nitrogens is 1. The first-order chi connectivity index (χ1) is 9.94. The van der Waals surface area contributed by atoms with E-state index < -0.39 is 17.4 Å². The molecule has 0 bridgehead atoms. The Morgan fingerprint density at radius 3 is 2.48 bits per heavy atom. The summed E-state index contributed by atoms with van der Waals surface area (Å²) >= 11 is 0. The van der Waals surface area contributed by atoms with Gasteiger partial charge >= 0.3 is 5.97 Å². The molecule has 3 N–H and O–H groups in total. The van der Waals surface area contributed by atoms with E-state index in [1.165, 1.54) is 0 Å². The van der Waals surface area contributed by atoms with Crippen molar-refractivity contribution in [3.63, 3.8) is 0 Å². The van der Waals surface area contributed by atoms with Crippen molar-refractivity contribution in [3.05, 3.63) is 22.5 Å². The average molecular weight is 290 g/mol. The number of hydrogen-bond donors (Lipinski definition) is 3. The van der Waals surface area contributed by atoms with E-state index in [1.807, 2.05) is 0 Å². The van der Waals surface area contributed by atoms with Crippen LogP contribution in [0.15, 0.2) is 0 Å². The molecule has 0 aliphatic heterocycles. The first-order valence-electron chi connectivity index (χ1n) is 7.25. The van der Waals surface area contributed by atoms with Crippen molar-refractivity contribution in [3.8, 4) is 0 Å². The lowest BCUT2D eigenvalue weighted by Crippen LogP contribution is -2.59. The number of aliphatic carboxylic acids is 1. The summed E-state index contributed by atoms with van der Waals surface area (Å²) in [6, 6.07) is 0. The number of Topliss-reactive ketones (excluding diaryl/α,β-unsaturated/α-hetero) is 1. The number of aromatic amines is 1. The number of amides is 1. The van der Waals surface area contributed by atoms with Gasteiger partial charge in [0.15, 0.2) is 5.78 Å². The molecule has 0 aromatic carbocycles. The number of carboxylic acid groups (broad SMARTS) is 1. The van der Waals surface area contributed by atoms with Crippen LogP contribution in [0.25, 0.3) is 0 Å². The van der Waals surface area contributed by atoms with Crippen LogP contribution in [-0.4, -0.2) is 33.3 Å². The zero-order chi connectivity index (χ0) is 15.2. The average Bonchev–Trinajstić information content (AvgIpc) is 2.72. The first-order valence-corrected chi connectivity index (χ1v) is 7.25. The highest BCUT2D eigenvalue weighted by Gasteiger charge is 2.46. The van der Waals surface area contributed by atoms with Gasteiger partial charge in [-0.3, -0.25) is 9.59 Å². The zero-order valence-electron chi connectivity index (χ0n) is 11.9. The topological polar surface area (TPSA) is 99.3 Å². The van der Waals surface area contributed by atoms with Crippen LogP contribution in [0.1, 0.15) is 64.2 Å². The third kappa shape index (κ3) is 2.05. The Labute approximate surface area is 121 Å². The molecule has 1 heterocycles. The molecule has 6 nitrogen and oxygen atoms in total. The molecule has 1 amide bonds. The van der Waals surface area contributed by atoms with Crippen LogP contribution in [0.4, 0.5) is 0 Å². The van der Waals surface area contributed by atoms with Gasteiger partial charge in [-0.2, -0.15) is 0 Å². The van der Waals surface area contributed by atoms with Gasteiger partial charge in [0.25, 0.3) is 5.91 Å². The van der Waals surface area contributed by atoms with Crippen molar-refractivity contribution < 1.29 is 19.5 Å². The predicted molar refractivity (Wildman–Crippen MR) is 74.5 cm³/mol. The third-order valence-corrected chi connectivity index (χ3v) is 4.63. The van der Waals surface area contributed by atoms with E-state index >= 15 is 0 Å². The first kappa shape index (κ1) is 13.9. The quantitative estimate of drug-likeness (QED) is 0.787. The Bertz CT molecular complexity index is 640. The molecule has 6 heteroatoms. The van der Waals surface area contributed by atoms with Crippen LogP contribution in [0.2, 0.25) is 0 Å². The number of fused-ring (bicyclic) bond motifs is 1. The van der Waals surface area contributed by atoms with Gasteiger partial charge in [-0.05, 0) is 44.6 Å². The Morgan fingerprint density at radius 2 is 1.95 bits per heavy atom. The van der Waals surface area contributed by atoms with Crippen molar-refractivity contribution in [1.82, 2.24) is 10.3 Å². The fourth-order valence-corrected chi connectivity index (χ4v) is 3.20. The van der Waals surface area contributed by atoms with E-state index in [1.54, 1.807) is 6.92 Å². The summed E-state index contributed by atoms with van der Waals surface area (Å²) in [6.45, 7) is 1.74. The van der Waals surface area contributed by atoms with Crippen LogP contribution < -0.4 is 5.32 Å². The van der Waals surface area contributed by atoms with Crippen LogP contribution >= 0.6 is 0 Å². The Hall–Kier alpha value is -2.11. The highest BCUT2D eigenvalue weighted by Crippen LogP contribution is 2.33. The van der Waals surface area contributed by atoms with Gasteiger partial charge in [-0.15, -0.1) is 0 Å². The minimum absolute atomic E-state index is 0.0562. The summed E-state index contributed by atoms with van der Waals surface area (Å²) in [5.74, 6) is -1.37. The van der Waals surface area contributed by atoms with Crippen LogP contribution in [0, 0.1) is 6.92 Å². The maximum atomic E-state index is 12.4. The van der Waals surface area contributed by atoms with E-state index in [0.29, 0.717) is 36.1 Å². The number of ketones is 1.